The summed E-state index contributed by atoms with van der Waals surface area (Å²) in [6.07, 6.45) is 0. The number of amides is 2. The molecule has 144 valence electrons. The number of carbonyl (C=O) groups excluding carboxylic acids is 2. The van der Waals surface area contributed by atoms with E-state index >= 15 is 0 Å². The summed E-state index contributed by atoms with van der Waals surface area (Å²) in [5.41, 5.74) is 0.367. The van der Waals surface area contributed by atoms with Gasteiger partial charge in [0.1, 0.15) is 18.1 Å². The minimum atomic E-state index is -0.515. The summed E-state index contributed by atoms with van der Waals surface area (Å²) in [6.45, 7) is -0.0662. The van der Waals surface area contributed by atoms with Crippen LogP contribution in [-0.2, 0) is 11.4 Å². The Morgan fingerprint density at radius 2 is 1.79 bits per heavy atom. The van der Waals surface area contributed by atoms with Crippen molar-refractivity contribution >= 4 is 40.7 Å². The molecule has 1 heterocycles. The Balaban J connectivity index is 1.49. The van der Waals surface area contributed by atoms with Gasteiger partial charge in [0.2, 0.25) is 5.91 Å². The van der Waals surface area contributed by atoms with Crippen LogP contribution in [0.4, 0.5) is 5.69 Å². The van der Waals surface area contributed by atoms with E-state index in [1.807, 2.05) is 30.3 Å². The minimum absolute atomic E-state index is 0.0836. The van der Waals surface area contributed by atoms with Crippen LogP contribution in [0.25, 0.3) is 0 Å². The predicted octanol–water partition coefficient (Wildman–Crippen LogP) is 4.53. The van der Waals surface area contributed by atoms with Gasteiger partial charge in [-0.25, -0.2) is 0 Å². The Bertz CT molecular complexity index is 973. The molecule has 2 aromatic carbocycles. The van der Waals surface area contributed by atoms with Gasteiger partial charge in [-0.05, 0) is 42.5 Å². The number of halogens is 2. The number of nitrogens with one attached hydrogen (secondary N) is 2. The lowest BCUT2D eigenvalue weighted by Crippen LogP contribution is -2.32. The lowest BCUT2D eigenvalue weighted by Gasteiger charge is -2.08. The number of hydrogen-bond acceptors (Lipinski definition) is 4. The van der Waals surface area contributed by atoms with Crippen LogP contribution in [0.3, 0.4) is 0 Å². The molecule has 0 saturated heterocycles. The quantitative estimate of drug-likeness (QED) is 0.590. The molecule has 6 nitrogen and oxygen atoms in total. The highest BCUT2D eigenvalue weighted by atomic mass is 35.5. The van der Waals surface area contributed by atoms with Crippen LogP contribution in [0.5, 0.6) is 5.75 Å². The largest absolute Gasteiger partial charge is 0.486 e. The molecule has 0 spiro atoms. The zero-order valence-electron chi connectivity index (χ0n) is 14.6. The van der Waals surface area contributed by atoms with E-state index in [9.17, 15) is 9.59 Å². The lowest BCUT2D eigenvalue weighted by atomic mass is 10.3. The van der Waals surface area contributed by atoms with Crippen LogP contribution in [0.1, 0.15) is 16.3 Å². The van der Waals surface area contributed by atoms with Gasteiger partial charge in [0.25, 0.3) is 5.91 Å². The lowest BCUT2D eigenvalue weighted by molar-refractivity contribution is -0.115. The van der Waals surface area contributed by atoms with Crippen molar-refractivity contribution in [3.05, 3.63) is 82.2 Å². The van der Waals surface area contributed by atoms with Crippen molar-refractivity contribution in [2.75, 3.05) is 11.9 Å². The highest BCUT2D eigenvalue weighted by molar-refractivity contribution is 6.35. The number of anilines is 1. The Hall–Kier alpha value is -2.96. The van der Waals surface area contributed by atoms with Crippen molar-refractivity contribution in [3.8, 4) is 5.75 Å². The van der Waals surface area contributed by atoms with Crippen molar-refractivity contribution in [1.29, 1.82) is 0 Å². The van der Waals surface area contributed by atoms with Crippen LogP contribution in [0.15, 0.2) is 65.1 Å². The average Bonchev–Trinajstić information content (AvgIpc) is 3.17. The number of ether oxygens (including phenoxy) is 1. The van der Waals surface area contributed by atoms with E-state index in [2.05, 4.69) is 10.6 Å². The fraction of sp³-hybridized carbons (Fsp3) is 0.100. The third-order valence-corrected chi connectivity index (χ3v) is 4.19. The summed E-state index contributed by atoms with van der Waals surface area (Å²) in [7, 11) is 0. The molecule has 0 atom stereocenters. The summed E-state index contributed by atoms with van der Waals surface area (Å²) < 4.78 is 11.0. The van der Waals surface area contributed by atoms with E-state index in [-0.39, 0.29) is 18.9 Å². The fourth-order valence-electron chi connectivity index (χ4n) is 2.28. The Morgan fingerprint density at radius 3 is 2.57 bits per heavy atom. The molecule has 3 rings (SSSR count). The van der Waals surface area contributed by atoms with Crippen molar-refractivity contribution in [2.24, 2.45) is 0 Å². The summed E-state index contributed by atoms with van der Waals surface area (Å²) in [5.74, 6) is 0.306. The summed E-state index contributed by atoms with van der Waals surface area (Å²) in [5, 5.41) is 5.84. The van der Waals surface area contributed by atoms with Gasteiger partial charge in [0, 0.05) is 5.02 Å². The number of benzene rings is 2. The second-order valence-corrected chi connectivity index (χ2v) is 6.57. The second-order valence-electron chi connectivity index (χ2n) is 5.72. The van der Waals surface area contributed by atoms with Gasteiger partial charge >= 0.3 is 0 Å². The molecule has 0 bridgehead atoms. The molecule has 0 saturated carbocycles. The van der Waals surface area contributed by atoms with Crippen molar-refractivity contribution in [2.45, 2.75) is 6.61 Å². The molecule has 0 unspecified atom stereocenters. The summed E-state index contributed by atoms with van der Waals surface area (Å²) in [6, 6.07) is 17.1. The normalized spacial score (nSPS) is 10.4. The van der Waals surface area contributed by atoms with Gasteiger partial charge in [0.05, 0.1) is 17.3 Å². The standard InChI is InChI=1S/C20H16Cl2N2O4/c21-13-6-8-16(22)17(10-13)24-19(25)11-23-20(26)18-9-7-15(28-18)12-27-14-4-2-1-3-5-14/h1-10H,11-12H2,(H,23,26)(H,24,25). The first-order valence-electron chi connectivity index (χ1n) is 8.31. The number of rotatable bonds is 7. The molecule has 1 aromatic heterocycles. The third-order valence-electron chi connectivity index (χ3n) is 3.62. The van der Waals surface area contributed by atoms with Gasteiger partial charge in [-0.2, -0.15) is 0 Å². The minimum Gasteiger partial charge on any atom is -0.486 e. The molecular weight excluding hydrogens is 403 g/mol. The molecular formula is C20H16Cl2N2O4. The molecule has 0 aliphatic heterocycles. The van der Waals surface area contributed by atoms with Gasteiger partial charge in [0.15, 0.2) is 5.76 Å². The highest BCUT2D eigenvalue weighted by Crippen LogP contribution is 2.25. The monoisotopic (exact) mass is 418 g/mol. The topological polar surface area (TPSA) is 80.6 Å². The van der Waals surface area contributed by atoms with Gasteiger partial charge in [-0.1, -0.05) is 41.4 Å². The number of furan rings is 1. The molecule has 0 aliphatic rings. The predicted molar refractivity (Wildman–Crippen MR) is 107 cm³/mol. The zero-order valence-corrected chi connectivity index (χ0v) is 16.1. The van der Waals surface area contributed by atoms with Crippen LogP contribution < -0.4 is 15.4 Å². The Morgan fingerprint density at radius 1 is 1.00 bits per heavy atom. The van der Waals surface area contributed by atoms with Gasteiger partial charge in [-0.15, -0.1) is 0 Å². The van der Waals surface area contributed by atoms with E-state index < -0.39 is 11.8 Å². The van der Waals surface area contributed by atoms with E-state index in [0.29, 0.717) is 27.2 Å². The van der Waals surface area contributed by atoms with Crippen LogP contribution in [-0.4, -0.2) is 18.4 Å². The third kappa shape index (κ3) is 5.52. The molecule has 2 N–H and O–H groups in total. The van der Waals surface area contributed by atoms with Crippen molar-refractivity contribution < 1.29 is 18.7 Å². The van der Waals surface area contributed by atoms with Crippen molar-refractivity contribution in [1.82, 2.24) is 5.32 Å². The number of para-hydroxylation sites is 1. The SMILES string of the molecule is O=C(CNC(=O)c1ccc(COc2ccccc2)o1)Nc1cc(Cl)ccc1Cl. The molecule has 28 heavy (non-hydrogen) atoms. The zero-order chi connectivity index (χ0) is 19.9. The summed E-state index contributed by atoms with van der Waals surface area (Å²) >= 11 is 11.9. The maximum atomic E-state index is 12.1. The molecule has 0 aliphatic carbocycles. The first-order chi connectivity index (χ1) is 13.5. The van der Waals surface area contributed by atoms with E-state index in [1.165, 1.54) is 12.1 Å². The Kier molecular flexibility index (Phi) is 6.57. The van der Waals surface area contributed by atoms with Crippen LogP contribution in [0.2, 0.25) is 10.0 Å². The molecule has 8 heteroatoms. The van der Waals surface area contributed by atoms with Crippen LogP contribution in [0, 0.1) is 0 Å². The average molecular weight is 419 g/mol. The van der Waals surface area contributed by atoms with E-state index in [1.54, 1.807) is 18.2 Å². The second kappa shape index (κ2) is 9.30. The smallest absolute Gasteiger partial charge is 0.287 e. The summed E-state index contributed by atoms with van der Waals surface area (Å²) in [4.78, 5) is 24.1. The number of carbonyl (C=O) groups is 2. The maximum absolute atomic E-state index is 12.1. The van der Waals surface area contributed by atoms with Crippen molar-refractivity contribution in [3.63, 3.8) is 0 Å². The van der Waals surface area contributed by atoms with Crippen LogP contribution >= 0.6 is 23.2 Å². The molecule has 0 radical (unpaired) electrons. The highest BCUT2D eigenvalue weighted by Gasteiger charge is 2.14. The Labute approximate surface area is 171 Å². The first-order valence-corrected chi connectivity index (χ1v) is 9.06. The molecule has 2 amide bonds. The van der Waals surface area contributed by atoms with E-state index in [0.717, 1.165) is 0 Å². The first kappa shape index (κ1) is 19.8. The molecule has 3 aromatic rings. The molecule has 0 fully saturated rings. The van der Waals surface area contributed by atoms with Gasteiger partial charge < -0.3 is 19.8 Å². The maximum Gasteiger partial charge on any atom is 0.287 e. The number of hydrogen-bond donors (Lipinski definition) is 2. The van der Waals surface area contributed by atoms with E-state index in [4.69, 9.17) is 32.4 Å². The fourth-order valence-corrected chi connectivity index (χ4v) is 2.62. The van der Waals surface area contributed by atoms with Gasteiger partial charge in [-0.3, -0.25) is 9.59 Å².